The van der Waals surface area contributed by atoms with Crippen LogP contribution in [0.3, 0.4) is 0 Å². The monoisotopic (exact) mass is 214 g/mol. The summed E-state index contributed by atoms with van der Waals surface area (Å²) in [5.74, 6) is -0.388. The summed E-state index contributed by atoms with van der Waals surface area (Å²) >= 11 is 0. The fraction of sp³-hybridized carbons (Fsp3) is 1.00. The zero-order chi connectivity index (χ0) is 10.5. The second kappa shape index (κ2) is 5.51. The second-order valence-corrected chi connectivity index (χ2v) is 4.20. The highest BCUT2D eigenvalue weighted by Gasteiger charge is 2.11. The van der Waals surface area contributed by atoms with Crippen molar-refractivity contribution in [3.05, 3.63) is 0 Å². The Bertz CT molecular complexity index is 221. The molecule has 80 valence electrons. The van der Waals surface area contributed by atoms with Gasteiger partial charge in [0.05, 0.1) is 5.75 Å². The van der Waals surface area contributed by atoms with E-state index in [1.54, 1.807) is 0 Å². The van der Waals surface area contributed by atoms with Crippen molar-refractivity contribution in [1.82, 2.24) is 0 Å². The maximum Gasteiger partial charge on any atom is 0.264 e. The molecule has 1 unspecified atom stereocenters. The molecule has 0 fully saturated rings. The van der Waals surface area contributed by atoms with Gasteiger partial charge in [0, 0.05) is 6.61 Å². The molecule has 6 nitrogen and oxygen atoms in total. The third kappa shape index (κ3) is 8.13. The second-order valence-electron chi connectivity index (χ2n) is 2.63. The molecule has 3 N–H and O–H groups in total. The van der Waals surface area contributed by atoms with Gasteiger partial charge in [-0.05, 0) is 13.3 Å². The van der Waals surface area contributed by atoms with Gasteiger partial charge in [-0.25, -0.2) is 0 Å². The van der Waals surface area contributed by atoms with Crippen LogP contribution in [0.5, 0.6) is 0 Å². The quantitative estimate of drug-likeness (QED) is 0.297. The summed E-state index contributed by atoms with van der Waals surface area (Å²) < 4.78 is 33.6. The molecule has 7 heteroatoms. The zero-order valence-electron chi connectivity index (χ0n) is 7.25. The van der Waals surface area contributed by atoms with E-state index in [2.05, 4.69) is 0 Å². The predicted molar refractivity (Wildman–Crippen MR) is 44.7 cm³/mol. The first-order valence-corrected chi connectivity index (χ1v) is 5.37. The van der Waals surface area contributed by atoms with Crippen molar-refractivity contribution in [1.29, 1.82) is 0 Å². The van der Waals surface area contributed by atoms with E-state index in [-0.39, 0.29) is 18.8 Å². The molecule has 0 aromatic rings. The van der Waals surface area contributed by atoms with Crippen molar-refractivity contribution >= 4 is 10.1 Å². The van der Waals surface area contributed by atoms with Crippen LogP contribution in [0.25, 0.3) is 0 Å². The van der Waals surface area contributed by atoms with Crippen LogP contribution in [0.4, 0.5) is 0 Å². The summed E-state index contributed by atoms with van der Waals surface area (Å²) in [6.07, 6.45) is -2.22. The SMILES string of the molecule is CC(OCCCS(=O)(=O)O)C(O)O. The van der Waals surface area contributed by atoms with E-state index in [4.69, 9.17) is 19.5 Å². The van der Waals surface area contributed by atoms with Crippen LogP contribution in [-0.2, 0) is 14.9 Å². The molecule has 0 aromatic carbocycles. The lowest BCUT2D eigenvalue weighted by molar-refractivity contribution is -0.138. The number of rotatable bonds is 6. The summed E-state index contributed by atoms with van der Waals surface area (Å²) in [6.45, 7) is 1.50. The Morgan fingerprint density at radius 3 is 2.31 bits per heavy atom. The average Bonchev–Trinajstić information content (AvgIpc) is 1.95. The number of hydrogen-bond donors (Lipinski definition) is 3. The maximum atomic E-state index is 10.2. The van der Waals surface area contributed by atoms with Crippen molar-refractivity contribution in [3.63, 3.8) is 0 Å². The summed E-state index contributed by atoms with van der Waals surface area (Å²) in [4.78, 5) is 0. The van der Waals surface area contributed by atoms with Gasteiger partial charge in [0.2, 0.25) is 0 Å². The molecule has 0 amide bonds. The van der Waals surface area contributed by atoms with E-state index in [0.29, 0.717) is 0 Å². The molecule has 0 spiro atoms. The zero-order valence-corrected chi connectivity index (χ0v) is 8.07. The lowest BCUT2D eigenvalue weighted by Crippen LogP contribution is -2.26. The van der Waals surface area contributed by atoms with Crippen LogP contribution in [0.2, 0.25) is 0 Å². The third-order valence-electron chi connectivity index (χ3n) is 1.35. The van der Waals surface area contributed by atoms with Crippen LogP contribution in [0.15, 0.2) is 0 Å². The Morgan fingerprint density at radius 2 is 1.92 bits per heavy atom. The Kier molecular flexibility index (Phi) is 5.42. The topological polar surface area (TPSA) is 104 Å². The lowest BCUT2D eigenvalue weighted by atomic mass is 10.4. The number of aliphatic hydroxyl groups is 2. The lowest BCUT2D eigenvalue weighted by Gasteiger charge is -2.13. The highest BCUT2D eigenvalue weighted by atomic mass is 32.2. The van der Waals surface area contributed by atoms with Gasteiger partial charge in [-0.15, -0.1) is 0 Å². The molecule has 0 aliphatic carbocycles. The standard InChI is InChI=1S/C6H14O6S/c1-5(6(7)8)12-3-2-4-13(9,10)11/h5-8H,2-4H2,1H3,(H,9,10,11). The molecular formula is C6H14O6S. The van der Waals surface area contributed by atoms with Gasteiger partial charge in [0.1, 0.15) is 6.10 Å². The van der Waals surface area contributed by atoms with Crippen molar-refractivity contribution < 1.29 is 27.9 Å². The molecule has 0 radical (unpaired) electrons. The predicted octanol–water partition coefficient (Wildman–Crippen LogP) is -1.02. The molecule has 13 heavy (non-hydrogen) atoms. The fourth-order valence-electron chi connectivity index (χ4n) is 0.597. The van der Waals surface area contributed by atoms with Crippen molar-refractivity contribution in [3.8, 4) is 0 Å². The Morgan fingerprint density at radius 1 is 1.38 bits per heavy atom. The number of ether oxygens (including phenoxy) is 1. The first-order chi connectivity index (χ1) is 5.83. The molecule has 0 aliphatic rings. The molecule has 0 heterocycles. The molecule has 0 saturated carbocycles. The normalized spacial score (nSPS) is 14.8. The first kappa shape index (κ1) is 12.8. The maximum absolute atomic E-state index is 10.2. The summed E-state index contributed by atoms with van der Waals surface area (Å²) in [7, 11) is -3.95. The van der Waals surface area contributed by atoms with E-state index < -0.39 is 22.5 Å². The van der Waals surface area contributed by atoms with Gasteiger partial charge in [-0.3, -0.25) is 4.55 Å². The number of aliphatic hydroxyl groups excluding tert-OH is 1. The molecule has 0 rings (SSSR count). The van der Waals surface area contributed by atoms with Crippen LogP contribution in [-0.4, -0.2) is 47.9 Å². The number of hydrogen-bond acceptors (Lipinski definition) is 5. The van der Waals surface area contributed by atoms with Crippen LogP contribution >= 0.6 is 0 Å². The fourth-order valence-corrected chi connectivity index (χ4v) is 1.08. The van der Waals surface area contributed by atoms with Crippen LogP contribution < -0.4 is 0 Å². The van der Waals surface area contributed by atoms with Gasteiger partial charge in [0.15, 0.2) is 6.29 Å². The molecule has 0 saturated heterocycles. The van der Waals surface area contributed by atoms with E-state index in [1.807, 2.05) is 0 Å². The Balaban J connectivity index is 3.47. The minimum Gasteiger partial charge on any atom is -0.373 e. The van der Waals surface area contributed by atoms with Gasteiger partial charge in [-0.2, -0.15) is 8.42 Å². The molecular weight excluding hydrogens is 200 g/mol. The molecule has 1 atom stereocenters. The van der Waals surface area contributed by atoms with E-state index in [9.17, 15) is 8.42 Å². The largest absolute Gasteiger partial charge is 0.373 e. The Labute approximate surface area is 76.9 Å². The van der Waals surface area contributed by atoms with Gasteiger partial charge in [-0.1, -0.05) is 0 Å². The highest BCUT2D eigenvalue weighted by Crippen LogP contribution is 1.97. The molecule has 0 bridgehead atoms. The van der Waals surface area contributed by atoms with E-state index in [1.165, 1.54) is 6.92 Å². The van der Waals surface area contributed by atoms with E-state index >= 15 is 0 Å². The Hall–Kier alpha value is -0.210. The summed E-state index contributed by atoms with van der Waals surface area (Å²) in [5.41, 5.74) is 0. The average molecular weight is 214 g/mol. The van der Waals surface area contributed by atoms with Crippen LogP contribution in [0, 0.1) is 0 Å². The minimum atomic E-state index is -3.95. The van der Waals surface area contributed by atoms with Crippen molar-refractivity contribution in [2.24, 2.45) is 0 Å². The molecule has 0 aliphatic heterocycles. The first-order valence-electron chi connectivity index (χ1n) is 3.76. The van der Waals surface area contributed by atoms with Gasteiger partial charge >= 0.3 is 0 Å². The highest BCUT2D eigenvalue weighted by molar-refractivity contribution is 7.85. The third-order valence-corrected chi connectivity index (χ3v) is 2.15. The van der Waals surface area contributed by atoms with E-state index in [0.717, 1.165) is 0 Å². The van der Waals surface area contributed by atoms with Gasteiger partial charge in [0.25, 0.3) is 10.1 Å². The van der Waals surface area contributed by atoms with Gasteiger partial charge < -0.3 is 14.9 Å². The molecule has 0 aromatic heterocycles. The summed E-state index contributed by atoms with van der Waals surface area (Å²) in [6, 6.07) is 0. The van der Waals surface area contributed by atoms with Crippen molar-refractivity contribution in [2.75, 3.05) is 12.4 Å². The minimum absolute atomic E-state index is 0.0541. The van der Waals surface area contributed by atoms with Crippen LogP contribution in [0.1, 0.15) is 13.3 Å². The smallest absolute Gasteiger partial charge is 0.264 e. The summed E-state index contributed by atoms with van der Waals surface area (Å²) in [5, 5.41) is 17.1. The van der Waals surface area contributed by atoms with Crippen molar-refractivity contribution in [2.45, 2.75) is 25.7 Å².